The molecule has 0 atom stereocenters. The van der Waals surface area contributed by atoms with Crippen molar-refractivity contribution in [1.82, 2.24) is 0 Å². The lowest BCUT2D eigenvalue weighted by Gasteiger charge is -2.13. The van der Waals surface area contributed by atoms with E-state index in [1.165, 1.54) is 0 Å². The van der Waals surface area contributed by atoms with Crippen molar-refractivity contribution in [3.05, 3.63) is 95.1 Å². The van der Waals surface area contributed by atoms with Crippen LogP contribution >= 0.6 is 0 Å². The van der Waals surface area contributed by atoms with Crippen LogP contribution in [0.5, 0.6) is 11.5 Å². The van der Waals surface area contributed by atoms with E-state index in [-0.39, 0.29) is 0 Å². The van der Waals surface area contributed by atoms with Gasteiger partial charge in [0.2, 0.25) is 0 Å². The van der Waals surface area contributed by atoms with E-state index in [2.05, 4.69) is 37.5 Å². The van der Waals surface area contributed by atoms with Gasteiger partial charge in [0.05, 0.1) is 24.3 Å². The minimum atomic E-state index is 0.626. The summed E-state index contributed by atoms with van der Waals surface area (Å²) in [5.41, 5.74) is 3.54. The summed E-state index contributed by atoms with van der Waals surface area (Å²) in [5, 5.41) is 0. The lowest BCUT2D eigenvalue weighted by atomic mass is 10.1. The zero-order valence-electron chi connectivity index (χ0n) is 17.6. The molecule has 30 heavy (non-hydrogen) atoms. The summed E-state index contributed by atoms with van der Waals surface area (Å²) in [6.07, 6.45) is 1.84. The zero-order valence-corrected chi connectivity index (χ0v) is 17.6. The second-order valence-electron chi connectivity index (χ2n) is 6.77. The molecular weight excluding hydrogens is 368 g/mol. The summed E-state index contributed by atoms with van der Waals surface area (Å²) >= 11 is 0. The highest BCUT2D eigenvalue weighted by molar-refractivity contribution is 5.60. The highest BCUT2D eigenvalue weighted by Crippen LogP contribution is 2.29. The number of rotatable bonds is 6. The molecule has 0 fully saturated rings. The molecule has 0 radical (unpaired) electrons. The first-order valence-corrected chi connectivity index (χ1v) is 10.4. The number of hydrogen-bond donors (Lipinski definition) is 0. The van der Waals surface area contributed by atoms with Gasteiger partial charge < -0.3 is 9.47 Å². The van der Waals surface area contributed by atoms with Crippen molar-refractivity contribution in [2.75, 3.05) is 13.2 Å². The molecule has 0 N–H and O–H groups in total. The summed E-state index contributed by atoms with van der Waals surface area (Å²) in [6, 6.07) is 23.8. The Morgan fingerprint density at radius 1 is 0.567 bits per heavy atom. The molecule has 0 aliphatic carbocycles. The van der Waals surface area contributed by atoms with E-state index in [0.29, 0.717) is 13.2 Å². The molecule has 150 valence electrons. The molecule has 2 nitrogen and oxygen atoms in total. The van der Waals surface area contributed by atoms with Gasteiger partial charge in [0.15, 0.2) is 0 Å². The second kappa shape index (κ2) is 11.4. The highest BCUT2D eigenvalue weighted by Gasteiger charge is 2.10. The van der Waals surface area contributed by atoms with Crippen molar-refractivity contribution >= 4 is 0 Å². The van der Waals surface area contributed by atoms with Crippen molar-refractivity contribution in [2.45, 2.75) is 26.7 Å². The van der Waals surface area contributed by atoms with Gasteiger partial charge in [-0.25, -0.2) is 0 Å². The van der Waals surface area contributed by atoms with E-state index in [4.69, 9.17) is 9.47 Å². The van der Waals surface area contributed by atoms with Gasteiger partial charge >= 0.3 is 0 Å². The Morgan fingerprint density at radius 3 is 1.33 bits per heavy atom. The minimum Gasteiger partial charge on any atom is -0.492 e. The van der Waals surface area contributed by atoms with Gasteiger partial charge in [-0.3, -0.25) is 0 Å². The van der Waals surface area contributed by atoms with Gasteiger partial charge in [0, 0.05) is 23.3 Å². The van der Waals surface area contributed by atoms with Crippen molar-refractivity contribution in [3.63, 3.8) is 0 Å². The number of ether oxygens (including phenoxy) is 2. The third-order valence-electron chi connectivity index (χ3n) is 4.24. The van der Waals surface area contributed by atoms with Crippen LogP contribution in [0.2, 0.25) is 0 Å². The molecule has 0 aliphatic heterocycles. The molecule has 0 amide bonds. The van der Waals surface area contributed by atoms with Crippen molar-refractivity contribution in [2.24, 2.45) is 0 Å². The van der Waals surface area contributed by atoms with Crippen LogP contribution in [0.1, 0.15) is 48.9 Å². The lowest BCUT2D eigenvalue weighted by molar-refractivity contribution is 0.307. The van der Waals surface area contributed by atoms with E-state index >= 15 is 0 Å². The van der Waals surface area contributed by atoms with Gasteiger partial charge in [-0.05, 0) is 37.1 Å². The molecule has 0 bridgehead atoms. The summed E-state index contributed by atoms with van der Waals surface area (Å²) < 4.78 is 12.0. The average molecular weight is 395 g/mol. The first kappa shape index (κ1) is 21.1. The summed E-state index contributed by atoms with van der Waals surface area (Å²) in [4.78, 5) is 0. The summed E-state index contributed by atoms with van der Waals surface area (Å²) in [5.74, 6) is 14.4. The lowest BCUT2D eigenvalue weighted by Crippen LogP contribution is -2.02. The van der Waals surface area contributed by atoms with E-state index in [1.807, 2.05) is 72.8 Å². The maximum Gasteiger partial charge on any atom is 0.136 e. The van der Waals surface area contributed by atoms with Crippen LogP contribution in [-0.2, 0) is 0 Å². The predicted octanol–water partition coefficient (Wildman–Crippen LogP) is 6.06. The van der Waals surface area contributed by atoms with E-state index in [9.17, 15) is 0 Å². The normalized spacial score (nSPS) is 9.67. The van der Waals surface area contributed by atoms with Crippen LogP contribution in [0.25, 0.3) is 0 Å². The Bertz CT molecular complexity index is 973. The third kappa shape index (κ3) is 6.20. The molecule has 0 aliphatic rings. The molecule has 0 saturated heterocycles. The van der Waals surface area contributed by atoms with E-state index in [1.54, 1.807) is 0 Å². The quantitative estimate of drug-likeness (QED) is 0.473. The Morgan fingerprint density at radius 2 is 0.967 bits per heavy atom. The average Bonchev–Trinajstić information content (AvgIpc) is 2.80. The molecule has 0 unspecified atom stereocenters. The predicted molar refractivity (Wildman–Crippen MR) is 123 cm³/mol. The monoisotopic (exact) mass is 394 g/mol. The smallest absolute Gasteiger partial charge is 0.136 e. The molecule has 0 aromatic heterocycles. The first-order chi connectivity index (χ1) is 14.8. The van der Waals surface area contributed by atoms with Gasteiger partial charge in [0.25, 0.3) is 0 Å². The van der Waals surface area contributed by atoms with Crippen LogP contribution < -0.4 is 9.47 Å². The van der Waals surface area contributed by atoms with Gasteiger partial charge in [-0.1, -0.05) is 73.9 Å². The van der Waals surface area contributed by atoms with E-state index in [0.717, 1.165) is 46.6 Å². The standard InChI is InChI=1S/C28H26O2/c1-3-19-29-27-21-26(18-16-24-13-9-6-10-14-24)28(30-20-4-2)22-25(27)17-15-23-11-7-5-8-12-23/h5-14,21-22H,3-4,19-20H2,1-2H3. The molecule has 0 spiro atoms. The maximum atomic E-state index is 6.00. The molecule has 3 aromatic carbocycles. The Labute approximate surface area is 179 Å². The largest absolute Gasteiger partial charge is 0.492 e. The number of benzene rings is 3. The summed E-state index contributed by atoms with van der Waals surface area (Å²) in [7, 11) is 0. The first-order valence-electron chi connectivity index (χ1n) is 10.4. The highest BCUT2D eigenvalue weighted by atomic mass is 16.5. The van der Waals surface area contributed by atoms with Crippen LogP contribution in [0, 0.1) is 23.7 Å². The van der Waals surface area contributed by atoms with Gasteiger partial charge in [-0.15, -0.1) is 0 Å². The summed E-state index contributed by atoms with van der Waals surface area (Å²) in [6.45, 7) is 5.43. The topological polar surface area (TPSA) is 18.5 Å². The third-order valence-corrected chi connectivity index (χ3v) is 4.24. The molecule has 0 heterocycles. The van der Waals surface area contributed by atoms with Crippen molar-refractivity contribution < 1.29 is 9.47 Å². The van der Waals surface area contributed by atoms with Crippen molar-refractivity contribution in [1.29, 1.82) is 0 Å². The van der Waals surface area contributed by atoms with Crippen LogP contribution in [0.3, 0.4) is 0 Å². The molecule has 3 rings (SSSR count). The minimum absolute atomic E-state index is 0.626. The zero-order chi connectivity index (χ0) is 21.0. The fourth-order valence-corrected chi connectivity index (χ4v) is 2.74. The number of hydrogen-bond acceptors (Lipinski definition) is 2. The second-order valence-corrected chi connectivity index (χ2v) is 6.77. The Balaban J connectivity index is 2.03. The molecular formula is C28H26O2. The van der Waals surface area contributed by atoms with Gasteiger partial charge in [-0.2, -0.15) is 0 Å². The molecule has 0 saturated carbocycles. The van der Waals surface area contributed by atoms with Gasteiger partial charge in [0.1, 0.15) is 11.5 Å². The Kier molecular flexibility index (Phi) is 8.02. The Hall–Kier alpha value is -3.62. The fourth-order valence-electron chi connectivity index (χ4n) is 2.74. The molecule has 3 aromatic rings. The fraction of sp³-hybridized carbons (Fsp3) is 0.214. The van der Waals surface area contributed by atoms with Crippen LogP contribution in [0.4, 0.5) is 0 Å². The van der Waals surface area contributed by atoms with Crippen molar-refractivity contribution in [3.8, 4) is 35.2 Å². The maximum absolute atomic E-state index is 6.00. The van der Waals surface area contributed by atoms with E-state index < -0.39 is 0 Å². The SMILES string of the molecule is CCCOc1cc(C#Cc2ccccc2)c(OCCC)cc1C#Cc1ccccc1. The molecule has 2 heteroatoms. The van der Waals surface area contributed by atoms with Crippen LogP contribution in [-0.4, -0.2) is 13.2 Å². The van der Waals surface area contributed by atoms with Crippen LogP contribution in [0.15, 0.2) is 72.8 Å².